The van der Waals surface area contributed by atoms with Crippen molar-refractivity contribution in [1.29, 1.82) is 0 Å². The van der Waals surface area contributed by atoms with Crippen LogP contribution in [0.3, 0.4) is 0 Å². The van der Waals surface area contributed by atoms with Gasteiger partial charge in [0.05, 0.1) is 23.7 Å². The Morgan fingerprint density at radius 2 is 1.79 bits per heavy atom. The third kappa shape index (κ3) is 4.39. The molecule has 1 atom stereocenters. The smallest absolute Gasteiger partial charge is 0.265 e. The molecule has 2 aromatic heterocycles. The van der Waals surface area contributed by atoms with Crippen LogP contribution in [0.15, 0.2) is 70.5 Å². The fraction of sp³-hybridized carbons (Fsp3) is 0.269. The molecule has 4 aromatic rings. The highest BCUT2D eigenvalue weighted by atomic mass is 32.1. The van der Waals surface area contributed by atoms with Gasteiger partial charge in [-0.3, -0.25) is 9.69 Å². The van der Waals surface area contributed by atoms with Crippen LogP contribution in [0.25, 0.3) is 11.0 Å². The fourth-order valence-corrected chi connectivity index (χ4v) is 4.98. The number of hydrogen-bond donors (Lipinski definition) is 1. The lowest BCUT2D eigenvalue weighted by atomic mass is 9.99. The van der Waals surface area contributed by atoms with Gasteiger partial charge in [-0.05, 0) is 48.3 Å². The summed E-state index contributed by atoms with van der Waals surface area (Å²) < 4.78 is 11.9. The monoisotopic (exact) mass is 461 g/mol. The number of benzene rings is 2. The molecule has 2 aromatic carbocycles. The highest BCUT2D eigenvalue weighted by Crippen LogP contribution is 2.41. The maximum atomic E-state index is 13.1. The third-order valence-corrected chi connectivity index (χ3v) is 7.06. The summed E-state index contributed by atoms with van der Waals surface area (Å²) in [5, 5.41) is 5.99. The number of thiophene rings is 1. The Morgan fingerprint density at radius 1 is 1.03 bits per heavy atom. The normalized spacial score (nSPS) is 16.1. The van der Waals surface area contributed by atoms with Gasteiger partial charge in [0.2, 0.25) is 0 Å². The number of methoxy groups -OCH3 is 1. The highest BCUT2D eigenvalue weighted by Gasteiger charge is 2.32. The Kier molecular flexibility index (Phi) is 6.17. The molecule has 5 rings (SSSR count). The van der Waals surface area contributed by atoms with Crippen molar-refractivity contribution in [3.63, 3.8) is 0 Å². The number of anilines is 1. The number of piperazine rings is 1. The van der Waals surface area contributed by atoms with Crippen molar-refractivity contribution in [1.82, 2.24) is 9.80 Å². The molecule has 170 valence electrons. The summed E-state index contributed by atoms with van der Waals surface area (Å²) in [6.07, 6.45) is 0. The van der Waals surface area contributed by atoms with Crippen LogP contribution in [0.5, 0.6) is 5.75 Å². The maximum Gasteiger partial charge on any atom is 0.265 e. The Morgan fingerprint density at radius 3 is 2.48 bits per heavy atom. The second-order valence-corrected chi connectivity index (χ2v) is 9.23. The van der Waals surface area contributed by atoms with Crippen molar-refractivity contribution in [3.05, 3.63) is 82.2 Å². The molecule has 1 amide bonds. The lowest BCUT2D eigenvalue weighted by Gasteiger charge is -2.37. The minimum absolute atomic E-state index is 0.121. The first kappa shape index (κ1) is 21.7. The van der Waals surface area contributed by atoms with E-state index < -0.39 is 0 Å². The molecule has 1 aliphatic rings. The molecule has 0 aliphatic carbocycles. The highest BCUT2D eigenvalue weighted by molar-refractivity contribution is 7.12. The predicted molar refractivity (Wildman–Crippen MR) is 132 cm³/mol. The van der Waals surface area contributed by atoms with E-state index in [1.807, 2.05) is 53.9 Å². The molecule has 3 heterocycles. The number of likely N-dealkylation sites (N-methyl/N-ethyl adjacent to an activating group) is 1. The number of amides is 1. The van der Waals surface area contributed by atoms with Gasteiger partial charge in [-0.1, -0.05) is 30.3 Å². The van der Waals surface area contributed by atoms with Gasteiger partial charge in [0, 0.05) is 31.6 Å². The summed E-state index contributed by atoms with van der Waals surface area (Å²) in [7, 11) is 3.82. The lowest BCUT2D eigenvalue weighted by Crippen LogP contribution is -2.46. The van der Waals surface area contributed by atoms with Crippen LogP contribution in [-0.4, -0.2) is 56.0 Å². The Bertz CT molecular complexity index is 1230. The fourth-order valence-electron chi connectivity index (χ4n) is 4.36. The summed E-state index contributed by atoms with van der Waals surface area (Å²) in [5.74, 6) is 1.45. The van der Waals surface area contributed by atoms with Crippen molar-refractivity contribution >= 4 is 33.9 Å². The molecule has 1 saturated heterocycles. The van der Waals surface area contributed by atoms with Crippen LogP contribution in [0.2, 0.25) is 0 Å². The first-order valence-electron chi connectivity index (χ1n) is 11.1. The molecule has 1 aliphatic heterocycles. The topological polar surface area (TPSA) is 58.0 Å². The van der Waals surface area contributed by atoms with Crippen LogP contribution in [-0.2, 0) is 0 Å². The van der Waals surface area contributed by atoms with E-state index >= 15 is 0 Å². The molecule has 0 radical (unpaired) electrons. The van der Waals surface area contributed by atoms with Crippen molar-refractivity contribution in [2.75, 3.05) is 45.7 Å². The lowest BCUT2D eigenvalue weighted by molar-refractivity contribution is 0.102. The van der Waals surface area contributed by atoms with E-state index in [-0.39, 0.29) is 11.9 Å². The number of furan rings is 1. The minimum Gasteiger partial charge on any atom is -0.497 e. The summed E-state index contributed by atoms with van der Waals surface area (Å²) in [5.41, 5.74) is 2.61. The molecule has 0 saturated carbocycles. The standard InChI is InChI=1S/C26H27N3O3S/c1-28-13-15-29(16-14-28)24(18-9-11-19(31-2)12-10-18)25-23(20-6-3-4-7-21(20)32-25)27-26(30)22-8-5-17-33-22/h3-12,17,24H,13-16H2,1-2H3,(H,27,30)/t24-/m0/s1. The van der Waals surface area contributed by atoms with E-state index in [4.69, 9.17) is 9.15 Å². The molecule has 7 heteroatoms. The van der Waals surface area contributed by atoms with Gasteiger partial charge in [-0.25, -0.2) is 0 Å². The summed E-state index contributed by atoms with van der Waals surface area (Å²) >= 11 is 1.43. The molecule has 0 unspecified atom stereocenters. The van der Waals surface area contributed by atoms with Crippen LogP contribution in [0.4, 0.5) is 5.69 Å². The van der Waals surface area contributed by atoms with Crippen LogP contribution < -0.4 is 10.1 Å². The molecular weight excluding hydrogens is 434 g/mol. The number of hydrogen-bond acceptors (Lipinski definition) is 6. The number of carbonyl (C=O) groups excluding carboxylic acids is 1. The van der Waals surface area contributed by atoms with Crippen LogP contribution >= 0.6 is 11.3 Å². The zero-order valence-corrected chi connectivity index (χ0v) is 19.6. The first-order valence-corrected chi connectivity index (χ1v) is 11.9. The van der Waals surface area contributed by atoms with Crippen molar-refractivity contribution in [2.24, 2.45) is 0 Å². The molecule has 33 heavy (non-hydrogen) atoms. The summed E-state index contributed by atoms with van der Waals surface area (Å²) in [6.45, 7) is 3.76. The van der Waals surface area contributed by atoms with E-state index in [1.54, 1.807) is 7.11 Å². The van der Waals surface area contributed by atoms with Gasteiger partial charge in [-0.15, -0.1) is 11.3 Å². The number of rotatable bonds is 6. The Hall–Kier alpha value is -3.13. The van der Waals surface area contributed by atoms with Crippen LogP contribution in [0.1, 0.15) is 27.0 Å². The second-order valence-electron chi connectivity index (χ2n) is 8.28. The molecule has 1 fully saturated rings. The molecule has 6 nitrogen and oxygen atoms in total. The van der Waals surface area contributed by atoms with E-state index in [1.165, 1.54) is 11.3 Å². The van der Waals surface area contributed by atoms with E-state index in [0.717, 1.165) is 59.9 Å². The van der Waals surface area contributed by atoms with Gasteiger partial charge >= 0.3 is 0 Å². The van der Waals surface area contributed by atoms with Crippen molar-refractivity contribution in [3.8, 4) is 5.75 Å². The van der Waals surface area contributed by atoms with Crippen molar-refractivity contribution in [2.45, 2.75) is 6.04 Å². The molecule has 0 spiro atoms. The average Bonchev–Trinajstić information content (AvgIpc) is 3.50. The Labute approximate surface area is 197 Å². The number of ether oxygens (including phenoxy) is 1. The molecule has 1 N–H and O–H groups in total. The van der Waals surface area contributed by atoms with Gasteiger partial charge in [0.15, 0.2) is 0 Å². The number of carbonyl (C=O) groups is 1. The molecular formula is C26H27N3O3S. The van der Waals surface area contributed by atoms with E-state index in [0.29, 0.717) is 4.88 Å². The quantitative estimate of drug-likeness (QED) is 0.433. The summed E-state index contributed by atoms with van der Waals surface area (Å²) in [6, 6.07) is 19.6. The Balaban J connectivity index is 1.62. The van der Waals surface area contributed by atoms with Gasteiger partial charge in [0.1, 0.15) is 17.1 Å². The third-order valence-electron chi connectivity index (χ3n) is 6.19. The van der Waals surface area contributed by atoms with E-state index in [9.17, 15) is 4.79 Å². The second kappa shape index (κ2) is 9.39. The first-order chi connectivity index (χ1) is 16.1. The van der Waals surface area contributed by atoms with Gasteiger partial charge < -0.3 is 19.4 Å². The SMILES string of the molecule is COc1ccc([C@@H](c2oc3ccccc3c2NC(=O)c2cccs2)N2CCN(C)CC2)cc1. The zero-order chi connectivity index (χ0) is 22.8. The minimum atomic E-state index is -0.129. The van der Waals surface area contributed by atoms with Gasteiger partial charge in [-0.2, -0.15) is 0 Å². The average molecular weight is 462 g/mol. The van der Waals surface area contributed by atoms with E-state index in [2.05, 4.69) is 34.3 Å². The van der Waals surface area contributed by atoms with Crippen LogP contribution in [0, 0.1) is 0 Å². The predicted octanol–water partition coefficient (Wildman–Crippen LogP) is 5.09. The van der Waals surface area contributed by atoms with Crippen molar-refractivity contribution < 1.29 is 13.9 Å². The largest absolute Gasteiger partial charge is 0.497 e. The number of nitrogens with zero attached hydrogens (tertiary/aromatic N) is 2. The zero-order valence-electron chi connectivity index (χ0n) is 18.8. The maximum absolute atomic E-state index is 13.1. The number of para-hydroxylation sites is 1. The summed E-state index contributed by atoms with van der Waals surface area (Å²) in [4.78, 5) is 18.5. The number of fused-ring (bicyclic) bond motifs is 1. The number of nitrogens with one attached hydrogen (secondary N) is 1. The van der Waals surface area contributed by atoms with Gasteiger partial charge in [0.25, 0.3) is 5.91 Å². The molecule has 0 bridgehead atoms.